The Morgan fingerprint density at radius 1 is 1.32 bits per heavy atom. The maximum atomic E-state index is 5.59. The molecule has 0 aromatic carbocycles. The first-order chi connectivity index (χ1) is 9.35. The lowest BCUT2D eigenvalue weighted by Gasteiger charge is -2.14. The Bertz CT molecular complexity index is 403. The van der Waals surface area contributed by atoms with Gasteiger partial charge in [0, 0.05) is 25.2 Å². The molecule has 0 amide bonds. The van der Waals surface area contributed by atoms with Crippen molar-refractivity contribution < 1.29 is 4.42 Å². The topological polar surface area (TPSA) is 66.2 Å². The summed E-state index contributed by atoms with van der Waals surface area (Å²) in [6.45, 7) is 6.07. The van der Waals surface area contributed by atoms with Crippen LogP contribution in [-0.4, -0.2) is 46.8 Å². The van der Waals surface area contributed by atoms with E-state index in [2.05, 4.69) is 32.7 Å². The minimum atomic E-state index is 0.456. The summed E-state index contributed by atoms with van der Waals surface area (Å²) >= 11 is 0. The van der Waals surface area contributed by atoms with Crippen molar-refractivity contribution in [3.05, 3.63) is 5.89 Å². The highest BCUT2D eigenvalue weighted by molar-refractivity contribution is 5.21. The van der Waals surface area contributed by atoms with E-state index in [1.165, 1.54) is 25.8 Å². The van der Waals surface area contributed by atoms with Crippen molar-refractivity contribution in [2.75, 3.05) is 25.0 Å². The first-order valence-electron chi connectivity index (χ1n) is 7.39. The van der Waals surface area contributed by atoms with E-state index in [9.17, 15) is 0 Å². The second-order valence-electron chi connectivity index (χ2n) is 5.53. The zero-order chi connectivity index (χ0) is 13.1. The monoisotopic (exact) mass is 265 g/mol. The third-order valence-corrected chi connectivity index (χ3v) is 3.78. The third-order valence-electron chi connectivity index (χ3n) is 3.78. The summed E-state index contributed by atoms with van der Waals surface area (Å²) in [6.07, 6.45) is 5.03. The van der Waals surface area contributed by atoms with Gasteiger partial charge in [0.1, 0.15) is 0 Å². The van der Waals surface area contributed by atoms with Crippen molar-refractivity contribution in [3.63, 3.8) is 0 Å². The highest BCUT2D eigenvalue weighted by Crippen LogP contribution is 2.30. The average molecular weight is 265 g/mol. The molecule has 1 aliphatic heterocycles. The van der Waals surface area contributed by atoms with Crippen molar-refractivity contribution in [3.8, 4) is 0 Å². The number of aromatic nitrogens is 2. The van der Waals surface area contributed by atoms with Crippen molar-refractivity contribution >= 4 is 6.01 Å². The van der Waals surface area contributed by atoms with Gasteiger partial charge in [-0.25, -0.2) is 0 Å². The van der Waals surface area contributed by atoms with Crippen LogP contribution in [0.1, 0.15) is 38.5 Å². The van der Waals surface area contributed by atoms with Crippen LogP contribution in [0.2, 0.25) is 0 Å². The molecule has 3 rings (SSSR count). The molecule has 1 aliphatic carbocycles. The first kappa shape index (κ1) is 12.9. The van der Waals surface area contributed by atoms with E-state index >= 15 is 0 Å². The molecule has 1 unspecified atom stereocenters. The lowest BCUT2D eigenvalue weighted by molar-refractivity contribution is 0.325. The van der Waals surface area contributed by atoms with Gasteiger partial charge < -0.3 is 15.1 Å². The number of hydrogen-bond acceptors (Lipinski definition) is 6. The summed E-state index contributed by atoms with van der Waals surface area (Å²) in [7, 11) is 0. The molecule has 1 saturated carbocycles. The normalized spacial score (nSPS) is 23.9. The Kier molecular flexibility index (Phi) is 3.98. The molecule has 2 N–H and O–H groups in total. The summed E-state index contributed by atoms with van der Waals surface area (Å²) in [5.74, 6) is 0.660. The van der Waals surface area contributed by atoms with E-state index in [4.69, 9.17) is 4.42 Å². The van der Waals surface area contributed by atoms with Gasteiger partial charge in [0.05, 0.1) is 6.54 Å². The molecule has 0 bridgehead atoms. The highest BCUT2D eigenvalue weighted by atomic mass is 16.4. The van der Waals surface area contributed by atoms with E-state index < -0.39 is 0 Å². The number of likely N-dealkylation sites (tertiary alicyclic amines) is 1. The van der Waals surface area contributed by atoms with Crippen LogP contribution in [0.5, 0.6) is 0 Å². The molecule has 2 heterocycles. The summed E-state index contributed by atoms with van der Waals surface area (Å²) in [5.41, 5.74) is 0. The predicted molar refractivity (Wildman–Crippen MR) is 72.9 cm³/mol. The number of anilines is 1. The van der Waals surface area contributed by atoms with E-state index in [1.807, 2.05) is 0 Å². The van der Waals surface area contributed by atoms with Crippen molar-refractivity contribution in [1.82, 2.24) is 20.4 Å². The predicted octanol–water partition coefficient (Wildman–Crippen LogP) is 1.22. The smallest absolute Gasteiger partial charge is 0.315 e. The van der Waals surface area contributed by atoms with Gasteiger partial charge in [0.2, 0.25) is 5.89 Å². The van der Waals surface area contributed by atoms with Gasteiger partial charge in [-0.15, -0.1) is 5.10 Å². The van der Waals surface area contributed by atoms with Crippen LogP contribution in [0.25, 0.3) is 0 Å². The average Bonchev–Trinajstić information content (AvgIpc) is 3.00. The van der Waals surface area contributed by atoms with Crippen LogP contribution < -0.4 is 10.6 Å². The zero-order valence-corrected chi connectivity index (χ0v) is 11.6. The summed E-state index contributed by atoms with van der Waals surface area (Å²) in [4.78, 5) is 2.57. The molecule has 6 heteroatoms. The summed E-state index contributed by atoms with van der Waals surface area (Å²) < 4.78 is 5.59. The van der Waals surface area contributed by atoms with Crippen LogP contribution in [0, 0.1) is 0 Å². The number of rotatable bonds is 7. The Hall–Kier alpha value is -1.14. The van der Waals surface area contributed by atoms with Crippen LogP contribution in [0.15, 0.2) is 4.42 Å². The molecule has 6 nitrogen and oxygen atoms in total. The van der Waals surface area contributed by atoms with Gasteiger partial charge in [0.25, 0.3) is 0 Å². The molecule has 1 atom stereocenters. The van der Waals surface area contributed by atoms with Gasteiger partial charge in [0.15, 0.2) is 0 Å². The fraction of sp³-hybridized carbons (Fsp3) is 0.846. The second kappa shape index (κ2) is 5.88. The standard InChI is InChI=1S/C13H23N5O/c1-2-6-14-8-12-16-17-13(19-12)15-10-5-7-18(9-10)11-3-4-11/h10-11,14H,2-9H2,1H3,(H,15,17). The molecule has 0 spiro atoms. The Balaban J connectivity index is 1.44. The SMILES string of the molecule is CCCNCc1nnc(NC2CCN(C3CC3)C2)o1. The second-order valence-corrected chi connectivity index (χ2v) is 5.53. The number of nitrogens with zero attached hydrogens (tertiary/aromatic N) is 3. The summed E-state index contributed by atoms with van der Waals surface area (Å²) in [6, 6.07) is 1.87. The molecule has 0 radical (unpaired) electrons. The minimum absolute atomic E-state index is 0.456. The molecule has 1 aromatic heterocycles. The zero-order valence-electron chi connectivity index (χ0n) is 11.6. The molecule has 1 saturated heterocycles. The van der Waals surface area contributed by atoms with E-state index in [1.54, 1.807) is 0 Å². The largest absolute Gasteiger partial charge is 0.407 e. The molecule has 106 valence electrons. The van der Waals surface area contributed by atoms with Gasteiger partial charge in [-0.3, -0.25) is 4.90 Å². The summed E-state index contributed by atoms with van der Waals surface area (Å²) in [5, 5.41) is 14.7. The van der Waals surface area contributed by atoms with Crippen LogP contribution in [-0.2, 0) is 6.54 Å². The van der Waals surface area contributed by atoms with Crippen molar-refractivity contribution in [1.29, 1.82) is 0 Å². The Labute approximate surface area is 113 Å². The maximum Gasteiger partial charge on any atom is 0.315 e. The number of nitrogens with one attached hydrogen (secondary N) is 2. The Morgan fingerprint density at radius 3 is 3.00 bits per heavy atom. The van der Waals surface area contributed by atoms with Crippen LogP contribution in [0.4, 0.5) is 6.01 Å². The van der Waals surface area contributed by atoms with Crippen molar-refractivity contribution in [2.45, 2.75) is 51.2 Å². The van der Waals surface area contributed by atoms with E-state index in [-0.39, 0.29) is 0 Å². The maximum absolute atomic E-state index is 5.59. The quantitative estimate of drug-likeness (QED) is 0.723. The minimum Gasteiger partial charge on any atom is -0.407 e. The van der Waals surface area contributed by atoms with Gasteiger partial charge in [-0.1, -0.05) is 12.0 Å². The molecule has 2 aliphatic rings. The molecule has 19 heavy (non-hydrogen) atoms. The fourth-order valence-electron chi connectivity index (χ4n) is 2.61. The first-order valence-corrected chi connectivity index (χ1v) is 7.39. The van der Waals surface area contributed by atoms with Gasteiger partial charge in [-0.05, 0) is 32.2 Å². The van der Waals surface area contributed by atoms with Crippen molar-refractivity contribution in [2.24, 2.45) is 0 Å². The van der Waals surface area contributed by atoms with Crippen LogP contribution in [0.3, 0.4) is 0 Å². The fourth-order valence-corrected chi connectivity index (χ4v) is 2.61. The number of hydrogen-bond donors (Lipinski definition) is 2. The third kappa shape index (κ3) is 3.45. The lowest BCUT2D eigenvalue weighted by Crippen LogP contribution is -2.27. The van der Waals surface area contributed by atoms with Crippen LogP contribution >= 0.6 is 0 Å². The van der Waals surface area contributed by atoms with Gasteiger partial charge in [-0.2, -0.15) is 0 Å². The van der Waals surface area contributed by atoms with E-state index in [0.717, 1.165) is 25.6 Å². The highest BCUT2D eigenvalue weighted by Gasteiger charge is 2.34. The molecule has 1 aromatic rings. The lowest BCUT2D eigenvalue weighted by atomic mass is 10.3. The molecular weight excluding hydrogens is 242 g/mol. The van der Waals surface area contributed by atoms with E-state index in [0.29, 0.717) is 24.5 Å². The molecular formula is C13H23N5O. The molecule has 2 fully saturated rings. The Morgan fingerprint density at radius 2 is 2.21 bits per heavy atom. The van der Waals surface area contributed by atoms with Gasteiger partial charge >= 0.3 is 6.01 Å².